The lowest BCUT2D eigenvalue weighted by molar-refractivity contribution is -0.385. The Morgan fingerprint density at radius 1 is 1.15 bits per heavy atom. The number of hydrogen-bond donors (Lipinski definition) is 1. The van der Waals surface area contributed by atoms with Crippen molar-refractivity contribution in [1.82, 2.24) is 10.2 Å². The zero-order chi connectivity index (χ0) is 19.8. The Morgan fingerprint density at radius 2 is 1.78 bits per heavy atom. The summed E-state index contributed by atoms with van der Waals surface area (Å²) in [6, 6.07) is 14.4. The Labute approximate surface area is 159 Å². The van der Waals surface area contributed by atoms with Crippen LogP contribution in [0.4, 0.5) is 5.69 Å². The maximum atomic E-state index is 12.1. The molecule has 1 N–H and O–H groups in total. The van der Waals surface area contributed by atoms with Gasteiger partial charge in [-0.15, -0.1) is 0 Å². The van der Waals surface area contributed by atoms with Gasteiger partial charge in [-0.25, -0.2) is 0 Å². The second-order valence-corrected chi connectivity index (χ2v) is 6.57. The molecular formula is C20H25N3O4. The standard InChI is InChI=1S/C20H25N3O4/c1-15(2)22(3)13-17-9-5-4-8-16(17)12-21-20(24)14-27-19-11-7-6-10-18(19)23(25)26/h4-11,15H,12-14H2,1-3H3,(H,21,24). The molecule has 0 radical (unpaired) electrons. The highest BCUT2D eigenvalue weighted by atomic mass is 16.6. The molecule has 0 aliphatic rings. The molecule has 0 unspecified atom stereocenters. The van der Waals surface area contributed by atoms with E-state index in [1.54, 1.807) is 12.1 Å². The third-order valence-corrected chi connectivity index (χ3v) is 4.32. The fraction of sp³-hybridized carbons (Fsp3) is 0.350. The molecule has 7 heteroatoms. The van der Waals surface area contributed by atoms with E-state index in [2.05, 4.69) is 31.1 Å². The van der Waals surface area contributed by atoms with Crippen LogP contribution in [0.3, 0.4) is 0 Å². The quantitative estimate of drug-likeness (QED) is 0.541. The van der Waals surface area contributed by atoms with Gasteiger partial charge in [0.15, 0.2) is 12.4 Å². The topological polar surface area (TPSA) is 84.7 Å². The Kier molecular flexibility index (Phi) is 7.31. The molecule has 2 rings (SSSR count). The van der Waals surface area contributed by atoms with Gasteiger partial charge >= 0.3 is 5.69 Å². The fourth-order valence-corrected chi connectivity index (χ4v) is 2.45. The first kappa shape index (κ1) is 20.4. The van der Waals surface area contributed by atoms with Crippen LogP contribution in [-0.4, -0.2) is 35.4 Å². The van der Waals surface area contributed by atoms with Crippen LogP contribution in [0.1, 0.15) is 25.0 Å². The van der Waals surface area contributed by atoms with Crippen LogP contribution in [0.15, 0.2) is 48.5 Å². The molecule has 1 amide bonds. The van der Waals surface area contributed by atoms with E-state index in [9.17, 15) is 14.9 Å². The maximum Gasteiger partial charge on any atom is 0.310 e. The Bertz CT molecular complexity index is 792. The maximum absolute atomic E-state index is 12.1. The molecule has 0 saturated carbocycles. The highest BCUT2D eigenvalue weighted by molar-refractivity contribution is 5.77. The number of nitro benzene ring substituents is 1. The average Bonchev–Trinajstić information content (AvgIpc) is 2.65. The summed E-state index contributed by atoms with van der Waals surface area (Å²) >= 11 is 0. The minimum absolute atomic E-state index is 0.0802. The first-order chi connectivity index (χ1) is 12.9. The van der Waals surface area contributed by atoms with Crippen LogP contribution in [0, 0.1) is 10.1 Å². The summed E-state index contributed by atoms with van der Waals surface area (Å²) in [5.74, 6) is -0.253. The van der Waals surface area contributed by atoms with Crippen molar-refractivity contribution in [1.29, 1.82) is 0 Å². The molecule has 0 atom stereocenters. The summed E-state index contributed by atoms with van der Waals surface area (Å²) in [5.41, 5.74) is 2.02. The lowest BCUT2D eigenvalue weighted by Crippen LogP contribution is -2.30. The number of hydrogen-bond acceptors (Lipinski definition) is 5. The number of nitrogens with zero attached hydrogens (tertiary/aromatic N) is 2. The molecule has 2 aromatic rings. The molecule has 0 bridgehead atoms. The van der Waals surface area contributed by atoms with Crippen molar-refractivity contribution in [2.75, 3.05) is 13.7 Å². The number of benzene rings is 2. The second kappa shape index (κ2) is 9.68. The molecule has 7 nitrogen and oxygen atoms in total. The van der Waals surface area contributed by atoms with Crippen LogP contribution >= 0.6 is 0 Å². The summed E-state index contributed by atoms with van der Waals surface area (Å²) in [5, 5.41) is 13.8. The van der Waals surface area contributed by atoms with Gasteiger partial charge in [-0.05, 0) is 38.1 Å². The number of ether oxygens (including phenoxy) is 1. The van der Waals surface area contributed by atoms with Gasteiger partial charge in [-0.1, -0.05) is 36.4 Å². The largest absolute Gasteiger partial charge is 0.477 e. The molecule has 2 aromatic carbocycles. The van der Waals surface area contributed by atoms with Gasteiger partial charge in [0.1, 0.15) is 0 Å². The van der Waals surface area contributed by atoms with Crippen molar-refractivity contribution < 1.29 is 14.5 Å². The summed E-state index contributed by atoms with van der Waals surface area (Å²) in [6.45, 7) is 5.14. The molecule has 27 heavy (non-hydrogen) atoms. The van der Waals surface area contributed by atoms with Crippen molar-refractivity contribution in [3.05, 3.63) is 69.8 Å². The lowest BCUT2D eigenvalue weighted by atomic mass is 10.1. The number of para-hydroxylation sites is 2. The molecule has 0 aromatic heterocycles. The Balaban J connectivity index is 1.92. The number of nitro groups is 1. The van der Waals surface area contributed by atoms with Gasteiger partial charge in [0.25, 0.3) is 5.91 Å². The SMILES string of the molecule is CC(C)N(C)Cc1ccccc1CNC(=O)COc1ccccc1[N+](=O)[O-]. The first-order valence-corrected chi connectivity index (χ1v) is 8.78. The van der Waals surface area contributed by atoms with E-state index >= 15 is 0 Å². The summed E-state index contributed by atoms with van der Waals surface area (Å²) in [7, 11) is 2.06. The number of carbonyl (C=O) groups is 1. The minimum atomic E-state index is -0.533. The van der Waals surface area contributed by atoms with Crippen molar-refractivity contribution >= 4 is 11.6 Å². The zero-order valence-electron chi connectivity index (χ0n) is 15.8. The Hall–Kier alpha value is -2.93. The van der Waals surface area contributed by atoms with Gasteiger partial charge < -0.3 is 10.1 Å². The molecule has 0 saturated heterocycles. The highest BCUT2D eigenvalue weighted by Gasteiger charge is 2.15. The summed E-state index contributed by atoms with van der Waals surface area (Å²) < 4.78 is 5.31. The van der Waals surface area contributed by atoms with E-state index < -0.39 is 4.92 Å². The van der Waals surface area contributed by atoms with Crippen LogP contribution < -0.4 is 10.1 Å². The van der Waals surface area contributed by atoms with Crippen LogP contribution in [0.2, 0.25) is 0 Å². The fourth-order valence-electron chi connectivity index (χ4n) is 2.45. The lowest BCUT2D eigenvalue weighted by Gasteiger charge is -2.22. The van der Waals surface area contributed by atoms with Gasteiger partial charge in [0.05, 0.1) is 4.92 Å². The van der Waals surface area contributed by atoms with Crippen molar-refractivity contribution in [3.8, 4) is 5.75 Å². The molecule has 0 aliphatic heterocycles. The van der Waals surface area contributed by atoms with Gasteiger partial charge in [0.2, 0.25) is 0 Å². The van der Waals surface area contributed by atoms with Crippen LogP contribution in [-0.2, 0) is 17.9 Å². The predicted octanol–water partition coefficient (Wildman–Crippen LogP) is 3.13. The average molecular weight is 371 g/mol. The van der Waals surface area contributed by atoms with Crippen LogP contribution in [0.5, 0.6) is 5.75 Å². The van der Waals surface area contributed by atoms with E-state index in [-0.39, 0.29) is 24.0 Å². The van der Waals surface area contributed by atoms with E-state index in [0.717, 1.165) is 17.7 Å². The minimum Gasteiger partial charge on any atom is -0.477 e. The molecule has 0 aliphatic carbocycles. The number of rotatable bonds is 9. The van der Waals surface area contributed by atoms with Gasteiger partial charge in [-0.3, -0.25) is 19.8 Å². The summed E-state index contributed by atoms with van der Waals surface area (Å²) in [4.78, 5) is 24.8. The van der Waals surface area contributed by atoms with Crippen molar-refractivity contribution in [3.63, 3.8) is 0 Å². The van der Waals surface area contributed by atoms with Gasteiger partial charge in [0, 0.05) is 25.2 Å². The molecule has 144 valence electrons. The van der Waals surface area contributed by atoms with Crippen LogP contribution in [0.25, 0.3) is 0 Å². The highest BCUT2D eigenvalue weighted by Crippen LogP contribution is 2.25. The zero-order valence-corrected chi connectivity index (χ0v) is 15.8. The molecule has 0 heterocycles. The Morgan fingerprint density at radius 3 is 2.44 bits per heavy atom. The predicted molar refractivity (Wildman–Crippen MR) is 103 cm³/mol. The van der Waals surface area contributed by atoms with E-state index in [1.807, 2.05) is 24.3 Å². The number of nitrogens with one attached hydrogen (secondary N) is 1. The monoisotopic (exact) mass is 371 g/mol. The van der Waals surface area contributed by atoms with E-state index in [4.69, 9.17) is 4.74 Å². The molecule has 0 fully saturated rings. The molecule has 0 spiro atoms. The second-order valence-electron chi connectivity index (χ2n) is 6.57. The van der Waals surface area contributed by atoms with E-state index in [0.29, 0.717) is 12.6 Å². The third-order valence-electron chi connectivity index (χ3n) is 4.32. The van der Waals surface area contributed by atoms with E-state index in [1.165, 1.54) is 12.1 Å². The summed E-state index contributed by atoms with van der Waals surface area (Å²) in [6.07, 6.45) is 0. The van der Waals surface area contributed by atoms with Gasteiger partial charge in [-0.2, -0.15) is 0 Å². The number of amides is 1. The normalized spacial score (nSPS) is 10.9. The first-order valence-electron chi connectivity index (χ1n) is 8.78. The number of carbonyl (C=O) groups excluding carboxylic acids is 1. The molecular weight excluding hydrogens is 346 g/mol. The van der Waals surface area contributed by atoms with Crippen molar-refractivity contribution in [2.45, 2.75) is 33.0 Å². The van der Waals surface area contributed by atoms with Crippen molar-refractivity contribution in [2.24, 2.45) is 0 Å². The third kappa shape index (κ3) is 6.07. The smallest absolute Gasteiger partial charge is 0.310 e.